The van der Waals surface area contributed by atoms with Gasteiger partial charge in [0.25, 0.3) is 0 Å². The van der Waals surface area contributed by atoms with E-state index in [0.717, 1.165) is 0 Å². The summed E-state index contributed by atoms with van der Waals surface area (Å²) in [6.07, 6.45) is 2.14. The molecule has 0 aliphatic heterocycles. The van der Waals surface area contributed by atoms with Gasteiger partial charge in [0.05, 0.1) is 11.4 Å². The van der Waals surface area contributed by atoms with E-state index in [1.165, 1.54) is 0 Å². The normalized spacial score (nSPS) is 13.1. The number of anilines is 1. The van der Waals surface area contributed by atoms with Crippen LogP contribution in [0.1, 0.15) is 6.42 Å². The first-order valence-corrected chi connectivity index (χ1v) is 9.53. The highest BCUT2D eigenvalue weighted by atomic mass is 32.2. The van der Waals surface area contributed by atoms with E-state index in [9.17, 15) is 12.6 Å². The average Bonchev–Trinajstić information content (AvgIpc) is 2.37. The van der Waals surface area contributed by atoms with Crippen LogP contribution in [0, 0.1) is 0 Å². The number of hydrogen-bond donors (Lipinski definition) is 2. The Morgan fingerprint density at radius 3 is 2.70 bits per heavy atom. The van der Waals surface area contributed by atoms with E-state index in [1.807, 2.05) is 0 Å². The second-order valence-electron chi connectivity index (χ2n) is 4.23. The molecule has 6 nitrogen and oxygen atoms in total. The standard InChI is InChI=1S/C12H20N2O4S2/c1-19(15)9-4-7-14-20(16,17)10-8-18-12-6-3-2-5-11(12)13/h2-3,5-6,14H,4,7-10,13H2,1H3. The van der Waals surface area contributed by atoms with Crippen LogP contribution >= 0.6 is 0 Å². The van der Waals surface area contributed by atoms with Crippen LogP contribution in [0.15, 0.2) is 24.3 Å². The van der Waals surface area contributed by atoms with Crippen molar-refractivity contribution in [2.75, 3.05) is 36.6 Å². The van der Waals surface area contributed by atoms with Crippen LogP contribution in [-0.4, -0.2) is 43.5 Å². The second kappa shape index (κ2) is 8.23. The van der Waals surface area contributed by atoms with E-state index in [0.29, 0.717) is 23.6 Å². The fraction of sp³-hybridized carbons (Fsp3) is 0.500. The Balaban J connectivity index is 2.29. The number of nitrogen functional groups attached to an aromatic ring is 1. The van der Waals surface area contributed by atoms with E-state index < -0.39 is 20.8 Å². The second-order valence-corrected chi connectivity index (χ2v) is 7.71. The minimum absolute atomic E-state index is 0.0310. The molecular weight excluding hydrogens is 300 g/mol. The van der Waals surface area contributed by atoms with Crippen molar-refractivity contribution in [3.8, 4) is 5.75 Å². The number of ether oxygens (including phenoxy) is 1. The van der Waals surface area contributed by atoms with Gasteiger partial charge in [0, 0.05) is 29.4 Å². The number of hydrogen-bond acceptors (Lipinski definition) is 5. The summed E-state index contributed by atoms with van der Waals surface area (Å²) in [6.45, 7) is 0.318. The number of rotatable bonds is 9. The lowest BCUT2D eigenvalue weighted by molar-refractivity contribution is 0.342. The van der Waals surface area contributed by atoms with E-state index in [2.05, 4.69) is 4.72 Å². The van der Waals surface area contributed by atoms with Crippen LogP contribution in [0.5, 0.6) is 5.75 Å². The van der Waals surface area contributed by atoms with Gasteiger partial charge >= 0.3 is 0 Å². The maximum atomic E-state index is 11.7. The molecule has 0 bridgehead atoms. The van der Waals surface area contributed by atoms with Crippen molar-refractivity contribution >= 4 is 26.5 Å². The van der Waals surface area contributed by atoms with Crippen LogP contribution < -0.4 is 15.2 Å². The van der Waals surface area contributed by atoms with Gasteiger partial charge in [-0.25, -0.2) is 13.1 Å². The van der Waals surface area contributed by atoms with Gasteiger partial charge in [-0.15, -0.1) is 0 Å². The van der Waals surface area contributed by atoms with Crippen LogP contribution in [0.3, 0.4) is 0 Å². The van der Waals surface area contributed by atoms with E-state index >= 15 is 0 Å². The van der Waals surface area contributed by atoms with E-state index in [-0.39, 0.29) is 18.9 Å². The molecule has 0 aromatic heterocycles. The molecule has 0 saturated carbocycles. The number of benzene rings is 1. The summed E-state index contributed by atoms with van der Waals surface area (Å²) in [4.78, 5) is 0. The Morgan fingerprint density at radius 2 is 2.05 bits per heavy atom. The molecule has 114 valence electrons. The summed E-state index contributed by atoms with van der Waals surface area (Å²) in [6, 6.07) is 6.92. The van der Waals surface area contributed by atoms with Crippen molar-refractivity contribution in [2.45, 2.75) is 6.42 Å². The SMILES string of the molecule is CS(=O)CCCNS(=O)(=O)CCOc1ccccc1N. The molecule has 1 unspecified atom stereocenters. The molecule has 1 aromatic carbocycles. The fourth-order valence-corrected chi connectivity index (χ4v) is 2.90. The zero-order valence-electron chi connectivity index (χ0n) is 11.4. The molecule has 0 aliphatic rings. The summed E-state index contributed by atoms with van der Waals surface area (Å²) in [5.74, 6) is 0.819. The van der Waals surface area contributed by atoms with Crippen molar-refractivity contribution in [2.24, 2.45) is 0 Å². The maximum absolute atomic E-state index is 11.7. The van der Waals surface area contributed by atoms with Crippen molar-refractivity contribution in [1.82, 2.24) is 4.72 Å². The van der Waals surface area contributed by atoms with Crippen molar-refractivity contribution in [1.29, 1.82) is 0 Å². The van der Waals surface area contributed by atoms with Crippen molar-refractivity contribution in [3.63, 3.8) is 0 Å². The predicted octanol–water partition coefficient (Wildman–Crippen LogP) is 0.336. The summed E-state index contributed by atoms with van der Waals surface area (Å²) in [7, 11) is -4.28. The molecule has 1 rings (SSSR count). The Labute approximate surface area is 122 Å². The molecule has 3 N–H and O–H groups in total. The summed E-state index contributed by atoms with van der Waals surface area (Å²) in [5.41, 5.74) is 6.15. The molecule has 1 atom stereocenters. The Morgan fingerprint density at radius 1 is 1.35 bits per heavy atom. The molecule has 0 fully saturated rings. The molecule has 0 radical (unpaired) electrons. The molecule has 0 spiro atoms. The average molecular weight is 320 g/mol. The lowest BCUT2D eigenvalue weighted by Gasteiger charge is -2.09. The third-order valence-electron chi connectivity index (χ3n) is 2.46. The number of sulfonamides is 1. The number of nitrogens with one attached hydrogen (secondary N) is 1. The van der Waals surface area contributed by atoms with Gasteiger partial charge < -0.3 is 10.5 Å². The zero-order valence-corrected chi connectivity index (χ0v) is 13.0. The van der Waals surface area contributed by atoms with Crippen LogP contribution in [0.4, 0.5) is 5.69 Å². The Hall–Kier alpha value is -1.12. The lowest BCUT2D eigenvalue weighted by atomic mass is 10.3. The first-order valence-electron chi connectivity index (χ1n) is 6.15. The third-order valence-corrected chi connectivity index (χ3v) is 4.67. The molecular formula is C12H20N2O4S2. The van der Waals surface area contributed by atoms with Crippen LogP contribution in [0.25, 0.3) is 0 Å². The molecule has 0 aliphatic carbocycles. The lowest BCUT2D eigenvalue weighted by Crippen LogP contribution is -2.30. The highest BCUT2D eigenvalue weighted by molar-refractivity contribution is 7.89. The minimum Gasteiger partial charge on any atom is -0.490 e. The molecule has 0 saturated heterocycles. The van der Waals surface area contributed by atoms with E-state index in [4.69, 9.17) is 10.5 Å². The molecule has 8 heteroatoms. The molecule has 1 aromatic rings. The minimum atomic E-state index is -3.38. The largest absolute Gasteiger partial charge is 0.490 e. The zero-order chi connectivity index (χ0) is 15.0. The third kappa shape index (κ3) is 6.88. The first-order chi connectivity index (χ1) is 9.41. The summed E-state index contributed by atoms with van der Waals surface area (Å²) >= 11 is 0. The van der Waals surface area contributed by atoms with Gasteiger partial charge in [-0.2, -0.15) is 0 Å². The first kappa shape index (κ1) is 16.9. The van der Waals surface area contributed by atoms with Crippen molar-refractivity contribution < 1.29 is 17.4 Å². The maximum Gasteiger partial charge on any atom is 0.214 e. The monoisotopic (exact) mass is 320 g/mol. The summed E-state index contributed by atoms with van der Waals surface area (Å²) in [5, 5.41) is 0. The molecule has 0 heterocycles. The number of para-hydroxylation sites is 2. The highest BCUT2D eigenvalue weighted by Gasteiger charge is 2.10. The van der Waals surface area contributed by atoms with Gasteiger partial charge in [-0.3, -0.25) is 4.21 Å². The number of nitrogens with two attached hydrogens (primary N) is 1. The van der Waals surface area contributed by atoms with Gasteiger partial charge in [0.15, 0.2) is 0 Å². The summed E-state index contributed by atoms with van der Waals surface area (Å²) < 4.78 is 41.9. The van der Waals surface area contributed by atoms with Gasteiger partial charge in [0.1, 0.15) is 12.4 Å². The van der Waals surface area contributed by atoms with Gasteiger partial charge in [-0.1, -0.05) is 12.1 Å². The van der Waals surface area contributed by atoms with Crippen LogP contribution in [-0.2, 0) is 20.8 Å². The quantitative estimate of drug-likeness (QED) is 0.505. The molecule has 20 heavy (non-hydrogen) atoms. The topological polar surface area (TPSA) is 98.5 Å². The van der Waals surface area contributed by atoms with Crippen molar-refractivity contribution in [3.05, 3.63) is 24.3 Å². The highest BCUT2D eigenvalue weighted by Crippen LogP contribution is 2.19. The predicted molar refractivity (Wildman–Crippen MR) is 81.7 cm³/mol. The van der Waals surface area contributed by atoms with Crippen LogP contribution in [0.2, 0.25) is 0 Å². The van der Waals surface area contributed by atoms with Gasteiger partial charge in [-0.05, 0) is 18.6 Å². The van der Waals surface area contributed by atoms with Gasteiger partial charge in [0.2, 0.25) is 10.0 Å². The Bertz CT molecular complexity index is 546. The van der Waals surface area contributed by atoms with E-state index in [1.54, 1.807) is 30.5 Å². The fourth-order valence-electron chi connectivity index (χ4n) is 1.45. The smallest absolute Gasteiger partial charge is 0.214 e. The Kier molecular flexibility index (Phi) is 6.97. The molecule has 0 amide bonds.